The van der Waals surface area contributed by atoms with Crippen molar-refractivity contribution in [2.45, 2.75) is 13.8 Å². The van der Waals surface area contributed by atoms with Gasteiger partial charge in [0, 0.05) is 5.56 Å². The highest BCUT2D eigenvalue weighted by Crippen LogP contribution is 2.11. The van der Waals surface area contributed by atoms with Crippen LogP contribution in [0.25, 0.3) is 6.08 Å². The van der Waals surface area contributed by atoms with Crippen molar-refractivity contribution in [1.82, 2.24) is 0 Å². The SMILES string of the molecule is COC(=O)/C(=C/c1ccoc1)C(=O)OC(=O)OCC(C)C. The molecule has 0 aliphatic carbocycles. The van der Waals surface area contributed by atoms with E-state index in [0.29, 0.717) is 5.56 Å². The number of ether oxygens (including phenoxy) is 3. The fraction of sp³-hybridized carbons (Fsp3) is 0.357. The Morgan fingerprint density at radius 3 is 2.52 bits per heavy atom. The molecule has 1 heterocycles. The molecule has 0 saturated heterocycles. The minimum absolute atomic E-state index is 0.0919. The molecule has 0 saturated carbocycles. The van der Waals surface area contributed by atoms with E-state index in [1.807, 2.05) is 13.8 Å². The van der Waals surface area contributed by atoms with Crippen molar-refractivity contribution in [1.29, 1.82) is 0 Å². The van der Waals surface area contributed by atoms with Gasteiger partial charge in [0.1, 0.15) is 5.57 Å². The molecular formula is C14H16O7. The fourth-order valence-corrected chi connectivity index (χ4v) is 1.23. The second-order valence-electron chi connectivity index (χ2n) is 4.45. The maximum Gasteiger partial charge on any atom is 0.516 e. The summed E-state index contributed by atoms with van der Waals surface area (Å²) in [6.07, 6.45) is 2.69. The summed E-state index contributed by atoms with van der Waals surface area (Å²) in [5.41, 5.74) is 0.00305. The third kappa shape index (κ3) is 5.52. The van der Waals surface area contributed by atoms with Crippen molar-refractivity contribution in [2.24, 2.45) is 5.92 Å². The summed E-state index contributed by atoms with van der Waals surface area (Å²) in [7, 11) is 1.11. The van der Waals surface area contributed by atoms with Crippen molar-refractivity contribution < 1.29 is 33.0 Å². The molecule has 0 amide bonds. The molecule has 114 valence electrons. The Labute approximate surface area is 121 Å². The molecule has 0 bridgehead atoms. The quantitative estimate of drug-likeness (QED) is 0.356. The predicted molar refractivity (Wildman–Crippen MR) is 71.0 cm³/mol. The molecule has 0 N–H and O–H groups in total. The van der Waals surface area contributed by atoms with Gasteiger partial charge >= 0.3 is 18.1 Å². The van der Waals surface area contributed by atoms with E-state index in [1.54, 1.807) is 0 Å². The lowest BCUT2D eigenvalue weighted by Gasteiger charge is -2.07. The number of hydrogen-bond acceptors (Lipinski definition) is 7. The highest BCUT2D eigenvalue weighted by Gasteiger charge is 2.24. The number of methoxy groups -OCH3 is 1. The van der Waals surface area contributed by atoms with Crippen LogP contribution in [-0.4, -0.2) is 31.8 Å². The van der Waals surface area contributed by atoms with Crippen molar-refractivity contribution in [2.75, 3.05) is 13.7 Å². The molecule has 0 aliphatic rings. The fourth-order valence-electron chi connectivity index (χ4n) is 1.23. The van der Waals surface area contributed by atoms with Gasteiger partial charge in [-0.15, -0.1) is 0 Å². The van der Waals surface area contributed by atoms with Gasteiger partial charge in [0.2, 0.25) is 0 Å². The summed E-state index contributed by atoms with van der Waals surface area (Å²) in [5.74, 6) is -2.00. The third-order valence-electron chi connectivity index (χ3n) is 2.19. The van der Waals surface area contributed by atoms with Crippen LogP contribution in [0.1, 0.15) is 19.4 Å². The highest BCUT2D eigenvalue weighted by molar-refractivity contribution is 6.19. The van der Waals surface area contributed by atoms with Crippen LogP contribution in [0.2, 0.25) is 0 Å². The maximum absolute atomic E-state index is 11.8. The summed E-state index contributed by atoms with van der Waals surface area (Å²) in [6.45, 7) is 3.76. The van der Waals surface area contributed by atoms with Crippen molar-refractivity contribution in [3.63, 3.8) is 0 Å². The van der Waals surface area contributed by atoms with Gasteiger partial charge in [-0.1, -0.05) is 13.8 Å². The molecule has 0 unspecified atom stereocenters. The van der Waals surface area contributed by atoms with Crippen LogP contribution in [-0.2, 0) is 23.8 Å². The predicted octanol–water partition coefficient (Wildman–Crippen LogP) is 2.17. The summed E-state index contributed by atoms with van der Waals surface area (Å²) in [5, 5.41) is 0. The molecule has 0 spiro atoms. The molecule has 0 aliphatic heterocycles. The molecule has 7 heteroatoms. The Kier molecular flexibility index (Phi) is 6.19. The molecule has 7 nitrogen and oxygen atoms in total. The van der Waals surface area contributed by atoms with Crippen molar-refractivity contribution in [3.05, 3.63) is 29.7 Å². The third-order valence-corrected chi connectivity index (χ3v) is 2.19. The summed E-state index contributed by atoms with van der Waals surface area (Å²) in [4.78, 5) is 34.7. The lowest BCUT2D eigenvalue weighted by molar-refractivity contribution is -0.143. The zero-order valence-electron chi connectivity index (χ0n) is 12.0. The smallest absolute Gasteiger partial charge is 0.472 e. The Morgan fingerprint density at radius 2 is 2.00 bits per heavy atom. The molecule has 1 rings (SSSR count). The van der Waals surface area contributed by atoms with E-state index in [1.165, 1.54) is 24.7 Å². The van der Waals surface area contributed by atoms with Gasteiger partial charge in [-0.3, -0.25) is 0 Å². The molecule has 0 radical (unpaired) electrons. The number of carbonyl (C=O) groups is 3. The number of hydrogen-bond donors (Lipinski definition) is 0. The van der Waals surface area contributed by atoms with Crippen LogP contribution in [0.15, 0.2) is 28.6 Å². The lowest BCUT2D eigenvalue weighted by Crippen LogP contribution is -2.21. The topological polar surface area (TPSA) is 92.0 Å². The first-order valence-corrected chi connectivity index (χ1v) is 6.15. The van der Waals surface area contributed by atoms with Gasteiger partial charge in [0.15, 0.2) is 0 Å². The standard InChI is InChI=1S/C14H16O7/c1-9(2)7-20-14(17)21-13(16)11(12(15)18-3)6-10-4-5-19-8-10/h4-6,8-9H,7H2,1-3H3/b11-6-. The van der Waals surface area contributed by atoms with Crippen LogP contribution in [0.4, 0.5) is 4.79 Å². The number of esters is 2. The maximum atomic E-state index is 11.8. The van der Waals surface area contributed by atoms with E-state index in [9.17, 15) is 14.4 Å². The Morgan fingerprint density at radius 1 is 1.29 bits per heavy atom. The van der Waals surface area contributed by atoms with E-state index in [0.717, 1.165) is 7.11 Å². The van der Waals surface area contributed by atoms with Gasteiger partial charge < -0.3 is 18.6 Å². The van der Waals surface area contributed by atoms with E-state index >= 15 is 0 Å². The summed E-state index contributed by atoms with van der Waals surface area (Å²) in [6, 6.07) is 1.52. The first-order chi connectivity index (χ1) is 9.93. The number of carbonyl (C=O) groups excluding carboxylic acids is 3. The van der Waals surface area contributed by atoms with Gasteiger partial charge in [-0.2, -0.15) is 0 Å². The molecular weight excluding hydrogens is 280 g/mol. The zero-order valence-corrected chi connectivity index (χ0v) is 12.0. The van der Waals surface area contributed by atoms with Crippen LogP contribution >= 0.6 is 0 Å². The van der Waals surface area contributed by atoms with Crippen molar-refractivity contribution >= 4 is 24.2 Å². The Hall–Kier alpha value is -2.57. The second-order valence-corrected chi connectivity index (χ2v) is 4.45. The first-order valence-electron chi connectivity index (χ1n) is 6.15. The van der Waals surface area contributed by atoms with Gasteiger partial charge in [-0.05, 0) is 18.1 Å². The first kappa shape index (κ1) is 16.5. The van der Waals surface area contributed by atoms with E-state index < -0.39 is 23.7 Å². The molecule has 0 aromatic carbocycles. The minimum atomic E-state index is -1.17. The van der Waals surface area contributed by atoms with Crippen molar-refractivity contribution in [3.8, 4) is 0 Å². The van der Waals surface area contributed by atoms with Crippen LogP contribution in [0.5, 0.6) is 0 Å². The number of rotatable bonds is 5. The van der Waals surface area contributed by atoms with Gasteiger partial charge in [-0.25, -0.2) is 14.4 Å². The normalized spacial score (nSPS) is 11.1. The molecule has 0 fully saturated rings. The van der Waals surface area contributed by atoms with Crippen LogP contribution < -0.4 is 0 Å². The molecule has 0 atom stereocenters. The molecule has 1 aromatic rings. The van der Waals surface area contributed by atoms with Crippen LogP contribution in [0, 0.1) is 5.92 Å². The van der Waals surface area contributed by atoms with E-state index in [4.69, 9.17) is 9.15 Å². The Bertz CT molecular complexity index is 526. The average Bonchev–Trinajstić information content (AvgIpc) is 2.94. The van der Waals surface area contributed by atoms with Crippen LogP contribution in [0.3, 0.4) is 0 Å². The number of furan rings is 1. The van der Waals surface area contributed by atoms with Gasteiger partial charge in [0.05, 0.1) is 26.2 Å². The monoisotopic (exact) mass is 296 g/mol. The molecule has 1 aromatic heterocycles. The largest absolute Gasteiger partial charge is 0.516 e. The Balaban J connectivity index is 2.78. The summed E-state index contributed by atoms with van der Waals surface area (Å²) >= 11 is 0. The summed E-state index contributed by atoms with van der Waals surface area (Å²) < 4.78 is 18.4. The average molecular weight is 296 g/mol. The second kappa shape index (κ2) is 7.88. The van der Waals surface area contributed by atoms with E-state index in [-0.39, 0.29) is 12.5 Å². The molecule has 21 heavy (non-hydrogen) atoms. The van der Waals surface area contributed by atoms with Gasteiger partial charge in [0.25, 0.3) is 0 Å². The highest BCUT2D eigenvalue weighted by atomic mass is 16.7. The van der Waals surface area contributed by atoms with E-state index in [2.05, 4.69) is 9.47 Å². The zero-order chi connectivity index (χ0) is 15.8. The lowest BCUT2D eigenvalue weighted by atomic mass is 10.2. The minimum Gasteiger partial charge on any atom is -0.472 e.